The van der Waals surface area contributed by atoms with E-state index in [1.807, 2.05) is 25.1 Å². The van der Waals surface area contributed by atoms with E-state index in [1.54, 1.807) is 36.9 Å². The Morgan fingerprint density at radius 3 is 2.73 bits per heavy atom. The predicted molar refractivity (Wildman–Crippen MR) is 79.9 cm³/mol. The van der Waals surface area contributed by atoms with Crippen molar-refractivity contribution in [3.63, 3.8) is 0 Å². The second-order valence-corrected chi connectivity index (χ2v) is 4.79. The lowest BCUT2D eigenvalue weighted by atomic mass is 10.1. The van der Waals surface area contributed by atoms with Crippen molar-refractivity contribution in [1.82, 2.24) is 20.4 Å². The van der Waals surface area contributed by atoms with Crippen LogP contribution in [0, 0.1) is 0 Å². The molecule has 0 aliphatic carbocycles. The number of aromatic nitrogens is 3. The van der Waals surface area contributed by atoms with Crippen molar-refractivity contribution in [2.45, 2.75) is 13.0 Å². The van der Waals surface area contributed by atoms with Crippen molar-refractivity contribution in [1.29, 1.82) is 0 Å². The Balaban J connectivity index is 1.72. The maximum absolute atomic E-state index is 12.2. The van der Waals surface area contributed by atoms with Crippen LogP contribution in [0.2, 0.25) is 0 Å². The minimum Gasteiger partial charge on any atom is -0.355 e. The molecule has 3 aromatic rings. The van der Waals surface area contributed by atoms with Crippen LogP contribution in [0.25, 0.3) is 11.3 Å². The van der Waals surface area contributed by atoms with Gasteiger partial charge in [0, 0.05) is 36.4 Å². The van der Waals surface area contributed by atoms with Crippen LogP contribution in [-0.4, -0.2) is 21.0 Å². The first-order chi connectivity index (χ1) is 10.7. The van der Waals surface area contributed by atoms with Gasteiger partial charge in [-0.15, -0.1) is 0 Å². The molecule has 1 amide bonds. The lowest BCUT2D eigenvalue weighted by molar-refractivity contribution is 0.0931. The third-order valence-electron chi connectivity index (χ3n) is 3.24. The molecule has 0 aromatic carbocycles. The Labute approximate surface area is 127 Å². The molecule has 0 spiro atoms. The maximum atomic E-state index is 12.2. The molecule has 0 aliphatic rings. The van der Waals surface area contributed by atoms with Gasteiger partial charge in [0.25, 0.3) is 5.91 Å². The average Bonchev–Trinajstić information content (AvgIpc) is 3.06. The number of rotatable bonds is 4. The zero-order valence-electron chi connectivity index (χ0n) is 11.9. The van der Waals surface area contributed by atoms with Crippen molar-refractivity contribution in [3.8, 4) is 11.3 Å². The normalized spacial score (nSPS) is 11.9. The van der Waals surface area contributed by atoms with Gasteiger partial charge in [-0.2, -0.15) is 0 Å². The molecule has 0 radical (unpaired) electrons. The summed E-state index contributed by atoms with van der Waals surface area (Å²) < 4.78 is 5.20. The van der Waals surface area contributed by atoms with E-state index >= 15 is 0 Å². The van der Waals surface area contributed by atoms with Gasteiger partial charge in [0.15, 0.2) is 11.5 Å². The van der Waals surface area contributed by atoms with Gasteiger partial charge in [0.05, 0.1) is 6.04 Å². The fourth-order valence-corrected chi connectivity index (χ4v) is 2.03. The Morgan fingerprint density at radius 1 is 1.18 bits per heavy atom. The summed E-state index contributed by atoms with van der Waals surface area (Å²) in [6, 6.07) is 8.81. The lowest BCUT2D eigenvalue weighted by Gasteiger charge is -2.12. The molecule has 3 rings (SSSR count). The molecule has 6 heteroatoms. The van der Waals surface area contributed by atoms with E-state index in [-0.39, 0.29) is 17.6 Å². The molecule has 6 nitrogen and oxygen atoms in total. The molecule has 1 atom stereocenters. The van der Waals surface area contributed by atoms with Crippen LogP contribution in [0.4, 0.5) is 0 Å². The highest BCUT2D eigenvalue weighted by Crippen LogP contribution is 2.19. The summed E-state index contributed by atoms with van der Waals surface area (Å²) in [7, 11) is 0. The Morgan fingerprint density at radius 2 is 2.00 bits per heavy atom. The van der Waals surface area contributed by atoms with Crippen LogP contribution < -0.4 is 5.32 Å². The van der Waals surface area contributed by atoms with Crippen molar-refractivity contribution in [2.75, 3.05) is 0 Å². The minimum absolute atomic E-state index is 0.144. The van der Waals surface area contributed by atoms with Crippen LogP contribution in [0.1, 0.15) is 29.0 Å². The molecule has 0 fully saturated rings. The first-order valence-corrected chi connectivity index (χ1v) is 6.82. The van der Waals surface area contributed by atoms with Gasteiger partial charge in [0.1, 0.15) is 0 Å². The van der Waals surface area contributed by atoms with Gasteiger partial charge in [-0.25, -0.2) is 0 Å². The number of amides is 1. The largest absolute Gasteiger partial charge is 0.355 e. The van der Waals surface area contributed by atoms with Crippen LogP contribution >= 0.6 is 0 Å². The lowest BCUT2D eigenvalue weighted by Crippen LogP contribution is -2.26. The molecule has 0 saturated heterocycles. The van der Waals surface area contributed by atoms with Crippen molar-refractivity contribution in [2.24, 2.45) is 0 Å². The van der Waals surface area contributed by atoms with E-state index in [4.69, 9.17) is 4.52 Å². The number of nitrogens with zero attached hydrogens (tertiary/aromatic N) is 3. The fraction of sp³-hybridized carbons (Fsp3) is 0.125. The van der Waals surface area contributed by atoms with Crippen LogP contribution in [-0.2, 0) is 0 Å². The highest BCUT2D eigenvalue weighted by Gasteiger charge is 2.16. The molecule has 1 N–H and O–H groups in total. The van der Waals surface area contributed by atoms with E-state index in [1.165, 1.54) is 0 Å². The van der Waals surface area contributed by atoms with Gasteiger partial charge >= 0.3 is 0 Å². The number of pyridine rings is 2. The molecule has 0 bridgehead atoms. The van der Waals surface area contributed by atoms with E-state index < -0.39 is 0 Å². The molecule has 0 saturated carbocycles. The zero-order valence-corrected chi connectivity index (χ0v) is 11.9. The van der Waals surface area contributed by atoms with E-state index in [0.29, 0.717) is 5.76 Å². The number of carbonyl (C=O) groups is 1. The third kappa shape index (κ3) is 3.01. The van der Waals surface area contributed by atoms with Gasteiger partial charge in [0.2, 0.25) is 0 Å². The second-order valence-electron chi connectivity index (χ2n) is 4.79. The molecule has 3 aromatic heterocycles. The van der Waals surface area contributed by atoms with Gasteiger partial charge < -0.3 is 9.84 Å². The molecule has 3 heterocycles. The summed E-state index contributed by atoms with van der Waals surface area (Å²) in [5.74, 6) is 0.220. The minimum atomic E-state index is -0.289. The summed E-state index contributed by atoms with van der Waals surface area (Å²) in [4.78, 5) is 20.2. The molecule has 110 valence electrons. The second kappa shape index (κ2) is 6.17. The quantitative estimate of drug-likeness (QED) is 0.800. The van der Waals surface area contributed by atoms with Crippen LogP contribution in [0.15, 0.2) is 59.6 Å². The molecule has 0 unspecified atom stereocenters. The SMILES string of the molecule is C[C@H](NC(=O)c1cc(-c2cccnc2)on1)c1ccncc1. The van der Waals surface area contributed by atoms with Crippen LogP contribution in [0.3, 0.4) is 0 Å². The average molecular weight is 294 g/mol. The first kappa shape index (κ1) is 13.9. The first-order valence-electron chi connectivity index (χ1n) is 6.82. The van der Waals surface area contributed by atoms with E-state index in [0.717, 1.165) is 11.1 Å². The standard InChI is InChI=1S/C16H14N4O2/c1-11(12-4-7-17-8-5-12)19-16(21)14-9-15(22-20-14)13-3-2-6-18-10-13/h2-11H,1H3,(H,19,21)/t11-/m0/s1. The molecule has 0 aliphatic heterocycles. The van der Waals surface area contributed by atoms with Gasteiger partial charge in [-0.05, 0) is 36.8 Å². The van der Waals surface area contributed by atoms with Gasteiger partial charge in [-0.3, -0.25) is 14.8 Å². The Kier molecular flexibility index (Phi) is 3.91. The monoisotopic (exact) mass is 294 g/mol. The highest BCUT2D eigenvalue weighted by molar-refractivity contribution is 5.93. The Hall–Kier alpha value is -3.02. The molecular weight excluding hydrogens is 280 g/mol. The van der Waals surface area contributed by atoms with Crippen LogP contribution in [0.5, 0.6) is 0 Å². The fourth-order valence-electron chi connectivity index (χ4n) is 2.03. The summed E-state index contributed by atoms with van der Waals surface area (Å²) in [6.07, 6.45) is 6.70. The number of nitrogens with one attached hydrogen (secondary N) is 1. The number of hydrogen-bond acceptors (Lipinski definition) is 5. The zero-order chi connectivity index (χ0) is 15.4. The topological polar surface area (TPSA) is 80.9 Å². The molecule has 22 heavy (non-hydrogen) atoms. The number of hydrogen-bond donors (Lipinski definition) is 1. The summed E-state index contributed by atoms with van der Waals surface area (Å²) >= 11 is 0. The third-order valence-corrected chi connectivity index (χ3v) is 3.24. The summed E-state index contributed by atoms with van der Waals surface area (Å²) in [5.41, 5.74) is 1.98. The maximum Gasteiger partial charge on any atom is 0.273 e. The van der Waals surface area contributed by atoms with Crippen molar-refractivity contribution in [3.05, 3.63) is 66.4 Å². The Bertz CT molecular complexity index is 756. The highest BCUT2D eigenvalue weighted by atomic mass is 16.5. The molecular formula is C16H14N4O2. The van der Waals surface area contributed by atoms with Crippen molar-refractivity contribution < 1.29 is 9.32 Å². The predicted octanol–water partition coefficient (Wildman–Crippen LogP) is 2.62. The van der Waals surface area contributed by atoms with E-state index in [9.17, 15) is 4.79 Å². The van der Waals surface area contributed by atoms with E-state index in [2.05, 4.69) is 20.4 Å². The number of carbonyl (C=O) groups excluding carboxylic acids is 1. The summed E-state index contributed by atoms with van der Waals surface area (Å²) in [5, 5.41) is 6.68. The van der Waals surface area contributed by atoms with Crippen molar-refractivity contribution >= 4 is 5.91 Å². The van der Waals surface area contributed by atoms with Gasteiger partial charge in [-0.1, -0.05) is 5.16 Å². The summed E-state index contributed by atoms with van der Waals surface area (Å²) in [6.45, 7) is 1.90. The smallest absolute Gasteiger partial charge is 0.273 e.